The van der Waals surface area contributed by atoms with Crippen molar-refractivity contribution >= 4 is 22.3 Å². The minimum absolute atomic E-state index is 0.0178. The van der Waals surface area contributed by atoms with Gasteiger partial charge in [0.05, 0.1) is 11.1 Å². The van der Waals surface area contributed by atoms with Gasteiger partial charge in [-0.2, -0.15) is 0 Å². The van der Waals surface area contributed by atoms with E-state index in [2.05, 4.69) is 4.98 Å². The van der Waals surface area contributed by atoms with Crippen LogP contribution in [0.3, 0.4) is 0 Å². The molecule has 1 aromatic rings. The van der Waals surface area contributed by atoms with Gasteiger partial charge in [-0.15, -0.1) is 0 Å². The molecule has 0 amide bonds. The molecule has 0 aromatic carbocycles. The first-order valence-electron chi connectivity index (χ1n) is 3.42. The van der Waals surface area contributed by atoms with Gasteiger partial charge in [0.25, 0.3) is 0 Å². The molecule has 1 aromatic heterocycles. The molecule has 0 bridgehead atoms. The zero-order valence-corrected chi connectivity index (χ0v) is 7.73. The van der Waals surface area contributed by atoms with E-state index in [0.717, 1.165) is 0 Å². The Morgan fingerprint density at radius 1 is 1.64 bits per heavy atom. The quantitative estimate of drug-likeness (QED) is 0.659. The van der Waals surface area contributed by atoms with Crippen molar-refractivity contribution < 1.29 is 4.79 Å². The van der Waals surface area contributed by atoms with Gasteiger partial charge < -0.3 is 5.73 Å². The minimum Gasteiger partial charge on any atom is -0.375 e. The summed E-state index contributed by atoms with van der Waals surface area (Å²) in [5.41, 5.74) is 5.27. The number of nitrogens with zero attached hydrogens (tertiary/aromatic N) is 1. The van der Waals surface area contributed by atoms with Crippen LogP contribution in [-0.2, 0) is 0 Å². The third kappa shape index (κ3) is 3.13. The number of thiazole rings is 1. The number of aromatic nitrogens is 1. The fraction of sp³-hybridized carbons (Fsp3) is 0.429. The fourth-order valence-electron chi connectivity index (χ4n) is 0.450. The molecular weight excluding hydrogens is 160 g/mol. The Kier molecular flexibility index (Phi) is 4.45. The van der Waals surface area contributed by atoms with Gasteiger partial charge in [-0.05, 0) is 0 Å². The Morgan fingerprint density at radius 3 is 2.36 bits per heavy atom. The lowest BCUT2D eigenvalue weighted by Gasteiger charge is -1.79. The van der Waals surface area contributed by atoms with Crippen LogP contribution in [0, 0.1) is 0 Å². The van der Waals surface area contributed by atoms with Crippen molar-refractivity contribution in [2.75, 3.05) is 5.73 Å². The smallest absolute Gasteiger partial charge is 0.180 e. The molecule has 0 fully saturated rings. The first kappa shape index (κ1) is 10.1. The summed E-state index contributed by atoms with van der Waals surface area (Å²) in [5.74, 6) is 0.0178. The van der Waals surface area contributed by atoms with E-state index in [1.807, 2.05) is 13.8 Å². The number of rotatable bonds is 1. The summed E-state index contributed by atoms with van der Waals surface area (Å²) >= 11 is 1.21. The predicted molar refractivity (Wildman–Crippen MR) is 47.9 cm³/mol. The van der Waals surface area contributed by atoms with Gasteiger partial charge in [0.15, 0.2) is 10.9 Å². The van der Waals surface area contributed by atoms with E-state index in [-0.39, 0.29) is 5.78 Å². The number of carbonyl (C=O) groups is 1. The Morgan fingerprint density at radius 2 is 2.18 bits per heavy atom. The van der Waals surface area contributed by atoms with Crippen molar-refractivity contribution in [2.45, 2.75) is 20.8 Å². The SMILES string of the molecule is CC.CC(=O)c1cnc(N)s1. The second-order valence-corrected chi connectivity index (χ2v) is 2.68. The lowest BCUT2D eigenvalue weighted by Crippen LogP contribution is -1.83. The van der Waals surface area contributed by atoms with Crippen molar-refractivity contribution in [3.63, 3.8) is 0 Å². The number of Topliss-reactive ketones (excluding diaryl/α,β-unsaturated/α-hetero) is 1. The highest BCUT2D eigenvalue weighted by molar-refractivity contribution is 7.17. The molecule has 0 unspecified atom stereocenters. The predicted octanol–water partition coefficient (Wildman–Crippen LogP) is 1.95. The van der Waals surface area contributed by atoms with Crippen LogP contribution < -0.4 is 5.73 Å². The van der Waals surface area contributed by atoms with Crippen molar-refractivity contribution in [2.24, 2.45) is 0 Å². The molecule has 0 aliphatic heterocycles. The summed E-state index contributed by atoms with van der Waals surface area (Å²) in [5, 5.41) is 0.445. The molecule has 4 heteroatoms. The molecule has 0 aliphatic rings. The molecular formula is C7H12N2OS. The van der Waals surface area contributed by atoms with Crippen LogP contribution in [-0.4, -0.2) is 10.8 Å². The van der Waals surface area contributed by atoms with E-state index in [1.54, 1.807) is 0 Å². The van der Waals surface area contributed by atoms with Gasteiger partial charge in [-0.3, -0.25) is 4.79 Å². The summed E-state index contributed by atoms with van der Waals surface area (Å²) in [7, 11) is 0. The highest BCUT2D eigenvalue weighted by atomic mass is 32.1. The topological polar surface area (TPSA) is 56.0 Å². The van der Waals surface area contributed by atoms with Gasteiger partial charge >= 0.3 is 0 Å². The van der Waals surface area contributed by atoms with Gasteiger partial charge in [0.1, 0.15) is 0 Å². The lowest BCUT2D eigenvalue weighted by atomic mass is 10.4. The number of nitrogen functional groups attached to an aromatic ring is 1. The number of hydrogen-bond donors (Lipinski definition) is 1. The highest BCUT2D eigenvalue weighted by Gasteiger charge is 2.01. The van der Waals surface area contributed by atoms with Gasteiger partial charge in [0.2, 0.25) is 0 Å². The van der Waals surface area contributed by atoms with Crippen molar-refractivity contribution in [3.05, 3.63) is 11.1 Å². The summed E-state index contributed by atoms with van der Waals surface area (Å²) in [6.45, 7) is 5.49. The zero-order valence-electron chi connectivity index (χ0n) is 6.92. The maximum absolute atomic E-state index is 10.6. The van der Waals surface area contributed by atoms with E-state index in [4.69, 9.17) is 5.73 Å². The zero-order chi connectivity index (χ0) is 8.85. The van der Waals surface area contributed by atoms with E-state index in [0.29, 0.717) is 10.0 Å². The van der Waals surface area contributed by atoms with Crippen LogP contribution in [0.5, 0.6) is 0 Å². The molecule has 62 valence electrons. The first-order chi connectivity index (χ1) is 5.20. The van der Waals surface area contributed by atoms with E-state index < -0.39 is 0 Å². The van der Waals surface area contributed by atoms with Gasteiger partial charge in [-0.25, -0.2) is 4.98 Å². The van der Waals surface area contributed by atoms with Crippen LogP contribution >= 0.6 is 11.3 Å². The number of ketones is 1. The molecule has 2 N–H and O–H groups in total. The molecule has 0 saturated carbocycles. The second-order valence-electron chi connectivity index (χ2n) is 1.62. The van der Waals surface area contributed by atoms with E-state index in [1.165, 1.54) is 24.5 Å². The molecule has 0 atom stereocenters. The van der Waals surface area contributed by atoms with Crippen molar-refractivity contribution in [3.8, 4) is 0 Å². The molecule has 0 saturated heterocycles. The maximum Gasteiger partial charge on any atom is 0.180 e. The number of anilines is 1. The summed E-state index contributed by atoms with van der Waals surface area (Å²) < 4.78 is 0. The van der Waals surface area contributed by atoms with Crippen LogP contribution in [0.2, 0.25) is 0 Å². The molecule has 0 radical (unpaired) electrons. The van der Waals surface area contributed by atoms with Crippen molar-refractivity contribution in [1.29, 1.82) is 0 Å². The average molecular weight is 172 g/mol. The van der Waals surface area contributed by atoms with E-state index in [9.17, 15) is 4.79 Å². The Hall–Kier alpha value is -0.900. The summed E-state index contributed by atoms with van der Waals surface area (Å²) in [4.78, 5) is 14.9. The average Bonchev–Trinajstić information content (AvgIpc) is 2.40. The summed E-state index contributed by atoms with van der Waals surface area (Å²) in [6.07, 6.45) is 1.49. The van der Waals surface area contributed by atoms with Crippen LogP contribution in [0.25, 0.3) is 0 Å². The fourth-order valence-corrected chi connectivity index (χ4v) is 1.03. The first-order valence-corrected chi connectivity index (χ1v) is 4.24. The Labute approximate surface area is 70.3 Å². The number of nitrogens with two attached hydrogens (primary N) is 1. The van der Waals surface area contributed by atoms with Gasteiger partial charge in [0, 0.05) is 6.92 Å². The van der Waals surface area contributed by atoms with Crippen LogP contribution in [0.1, 0.15) is 30.4 Å². The lowest BCUT2D eigenvalue weighted by molar-refractivity contribution is 0.102. The van der Waals surface area contributed by atoms with E-state index >= 15 is 0 Å². The molecule has 0 aliphatic carbocycles. The molecule has 3 nitrogen and oxygen atoms in total. The highest BCUT2D eigenvalue weighted by Crippen LogP contribution is 2.13. The summed E-state index contributed by atoms with van der Waals surface area (Å²) in [6, 6.07) is 0. The van der Waals surface area contributed by atoms with Gasteiger partial charge in [-0.1, -0.05) is 25.2 Å². The molecule has 1 rings (SSSR count). The Bertz CT molecular complexity index is 232. The maximum atomic E-state index is 10.6. The normalized spacial score (nSPS) is 8.27. The third-order valence-corrected chi connectivity index (χ3v) is 1.80. The molecule has 0 spiro atoms. The standard InChI is InChI=1S/C5H6N2OS.C2H6/c1-3(8)4-2-7-5(6)9-4;1-2/h2H,1H3,(H2,6,7);1-2H3. The number of hydrogen-bond acceptors (Lipinski definition) is 4. The minimum atomic E-state index is 0.0178. The molecule has 1 heterocycles. The molecule has 11 heavy (non-hydrogen) atoms. The largest absolute Gasteiger partial charge is 0.375 e. The van der Waals surface area contributed by atoms with Crippen LogP contribution in [0.4, 0.5) is 5.13 Å². The van der Waals surface area contributed by atoms with Crippen molar-refractivity contribution in [1.82, 2.24) is 4.98 Å². The third-order valence-electron chi connectivity index (χ3n) is 0.871. The monoisotopic (exact) mass is 172 g/mol. The number of carbonyl (C=O) groups excluding carboxylic acids is 1. The Balaban J connectivity index is 0.000000461. The second kappa shape index (κ2) is 4.85. The van der Waals surface area contributed by atoms with Crippen LogP contribution in [0.15, 0.2) is 6.20 Å².